The predicted molar refractivity (Wildman–Crippen MR) is 54.3 cm³/mol. The third-order valence-electron chi connectivity index (χ3n) is 2.17. The second kappa shape index (κ2) is 3.15. The molecule has 0 aliphatic rings. The van der Waals surface area contributed by atoms with Gasteiger partial charge in [-0.15, -0.1) is 0 Å². The van der Waals surface area contributed by atoms with Crippen molar-refractivity contribution in [2.75, 3.05) is 0 Å². The molecule has 13 heavy (non-hydrogen) atoms. The Morgan fingerprint density at radius 1 is 1.23 bits per heavy atom. The summed E-state index contributed by atoms with van der Waals surface area (Å²) in [4.78, 5) is 4.27. The zero-order valence-corrected chi connectivity index (χ0v) is 7.57. The van der Waals surface area contributed by atoms with Crippen LogP contribution >= 0.6 is 0 Å². The van der Waals surface area contributed by atoms with Gasteiger partial charge in [0.15, 0.2) is 0 Å². The van der Waals surface area contributed by atoms with Crippen molar-refractivity contribution in [3.63, 3.8) is 0 Å². The summed E-state index contributed by atoms with van der Waals surface area (Å²) in [5, 5.41) is 1.15. The van der Waals surface area contributed by atoms with E-state index in [-0.39, 0.29) is 6.04 Å². The molecule has 1 unspecified atom stereocenters. The highest BCUT2D eigenvalue weighted by Crippen LogP contribution is 2.20. The van der Waals surface area contributed by atoms with Gasteiger partial charge in [0, 0.05) is 17.6 Å². The van der Waals surface area contributed by atoms with Gasteiger partial charge in [0.25, 0.3) is 0 Å². The summed E-state index contributed by atoms with van der Waals surface area (Å²) in [5.74, 6) is 0. The number of aromatic nitrogens is 1. The van der Waals surface area contributed by atoms with Gasteiger partial charge in [0.2, 0.25) is 0 Å². The summed E-state index contributed by atoms with van der Waals surface area (Å²) in [5.41, 5.74) is 8.02. The molecule has 0 amide bonds. The van der Waals surface area contributed by atoms with E-state index in [1.807, 2.05) is 25.1 Å². The number of fused-ring (bicyclic) bond motifs is 1. The van der Waals surface area contributed by atoms with Crippen LogP contribution in [0.3, 0.4) is 0 Å². The molecule has 0 fully saturated rings. The molecule has 1 aromatic heterocycles. The molecule has 2 rings (SSSR count). The summed E-state index contributed by atoms with van der Waals surface area (Å²) >= 11 is 0. The lowest BCUT2D eigenvalue weighted by molar-refractivity contribution is 0.826. The van der Waals surface area contributed by atoms with E-state index in [0.29, 0.717) is 0 Å². The number of pyridine rings is 1. The molecule has 2 N–H and O–H groups in total. The molecule has 0 saturated carbocycles. The molecular formula is C11H12N2. The highest BCUT2D eigenvalue weighted by molar-refractivity contribution is 5.82. The van der Waals surface area contributed by atoms with E-state index in [4.69, 9.17) is 5.73 Å². The fourth-order valence-corrected chi connectivity index (χ4v) is 1.52. The Balaban J connectivity index is 2.76. The van der Waals surface area contributed by atoms with Crippen LogP contribution in [0.5, 0.6) is 0 Å². The number of hydrogen-bond donors (Lipinski definition) is 1. The average Bonchev–Trinajstić information content (AvgIpc) is 2.17. The van der Waals surface area contributed by atoms with Gasteiger partial charge in [0.1, 0.15) is 0 Å². The van der Waals surface area contributed by atoms with E-state index >= 15 is 0 Å². The van der Waals surface area contributed by atoms with Crippen LogP contribution in [0.4, 0.5) is 0 Å². The van der Waals surface area contributed by atoms with Crippen LogP contribution in [-0.2, 0) is 0 Å². The Bertz CT molecular complexity index is 416. The van der Waals surface area contributed by atoms with Crippen LogP contribution in [0.1, 0.15) is 18.5 Å². The summed E-state index contributed by atoms with van der Waals surface area (Å²) in [6.07, 6.45) is 1.80. The molecule has 0 saturated heterocycles. The first-order valence-electron chi connectivity index (χ1n) is 4.38. The number of rotatable bonds is 1. The Kier molecular flexibility index (Phi) is 1.99. The van der Waals surface area contributed by atoms with Gasteiger partial charge >= 0.3 is 0 Å². The average molecular weight is 172 g/mol. The molecule has 0 bridgehead atoms. The molecule has 2 heteroatoms. The lowest BCUT2D eigenvalue weighted by Gasteiger charge is -2.08. The van der Waals surface area contributed by atoms with Crippen molar-refractivity contribution in [2.45, 2.75) is 13.0 Å². The Morgan fingerprint density at radius 2 is 2.08 bits per heavy atom. The van der Waals surface area contributed by atoms with Gasteiger partial charge in [0.05, 0.1) is 5.52 Å². The van der Waals surface area contributed by atoms with Crippen LogP contribution in [0, 0.1) is 0 Å². The lowest BCUT2D eigenvalue weighted by atomic mass is 10.0. The lowest BCUT2D eigenvalue weighted by Crippen LogP contribution is -2.05. The van der Waals surface area contributed by atoms with Crippen molar-refractivity contribution in [2.24, 2.45) is 5.73 Å². The highest BCUT2D eigenvalue weighted by atomic mass is 14.7. The van der Waals surface area contributed by atoms with Gasteiger partial charge in [-0.2, -0.15) is 0 Å². The van der Waals surface area contributed by atoms with Crippen LogP contribution < -0.4 is 5.73 Å². The molecule has 1 atom stereocenters. The van der Waals surface area contributed by atoms with E-state index in [2.05, 4.69) is 17.1 Å². The van der Waals surface area contributed by atoms with E-state index < -0.39 is 0 Å². The quantitative estimate of drug-likeness (QED) is 0.716. The standard InChI is InChI=1S/C11H12N2/c1-8(12)9-4-2-6-11-10(9)5-3-7-13-11/h2-8H,12H2,1H3. The van der Waals surface area contributed by atoms with Crippen molar-refractivity contribution in [3.05, 3.63) is 42.1 Å². The minimum Gasteiger partial charge on any atom is -0.324 e. The number of benzene rings is 1. The Labute approximate surface area is 77.4 Å². The van der Waals surface area contributed by atoms with E-state index in [9.17, 15) is 0 Å². The van der Waals surface area contributed by atoms with Gasteiger partial charge in [-0.1, -0.05) is 18.2 Å². The Hall–Kier alpha value is -1.41. The van der Waals surface area contributed by atoms with Crippen LogP contribution in [0.25, 0.3) is 10.9 Å². The minimum atomic E-state index is 0.0629. The van der Waals surface area contributed by atoms with Gasteiger partial charge < -0.3 is 5.73 Å². The molecular weight excluding hydrogens is 160 g/mol. The monoisotopic (exact) mass is 172 g/mol. The second-order valence-corrected chi connectivity index (χ2v) is 3.21. The van der Waals surface area contributed by atoms with Crippen LogP contribution in [0.2, 0.25) is 0 Å². The smallest absolute Gasteiger partial charge is 0.0705 e. The summed E-state index contributed by atoms with van der Waals surface area (Å²) in [6.45, 7) is 1.99. The van der Waals surface area contributed by atoms with Crippen molar-refractivity contribution >= 4 is 10.9 Å². The fraction of sp³-hybridized carbons (Fsp3) is 0.182. The predicted octanol–water partition coefficient (Wildman–Crippen LogP) is 2.25. The molecule has 0 aliphatic heterocycles. The molecule has 0 aliphatic carbocycles. The van der Waals surface area contributed by atoms with Gasteiger partial charge in [-0.25, -0.2) is 0 Å². The number of nitrogens with two attached hydrogens (primary N) is 1. The molecule has 2 aromatic rings. The van der Waals surface area contributed by atoms with Crippen molar-refractivity contribution < 1.29 is 0 Å². The molecule has 2 nitrogen and oxygen atoms in total. The molecule has 0 spiro atoms. The largest absolute Gasteiger partial charge is 0.324 e. The zero-order chi connectivity index (χ0) is 9.26. The maximum Gasteiger partial charge on any atom is 0.0705 e. The summed E-state index contributed by atoms with van der Waals surface area (Å²) < 4.78 is 0. The molecule has 0 radical (unpaired) electrons. The maximum absolute atomic E-state index is 5.85. The zero-order valence-electron chi connectivity index (χ0n) is 7.57. The van der Waals surface area contributed by atoms with Crippen LogP contribution in [0.15, 0.2) is 36.5 Å². The normalized spacial score (nSPS) is 13.1. The van der Waals surface area contributed by atoms with Crippen molar-refractivity contribution in [1.29, 1.82) is 0 Å². The first-order valence-corrected chi connectivity index (χ1v) is 4.38. The van der Waals surface area contributed by atoms with Gasteiger partial charge in [-0.3, -0.25) is 4.98 Å². The van der Waals surface area contributed by atoms with E-state index in [1.165, 1.54) is 0 Å². The van der Waals surface area contributed by atoms with Crippen molar-refractivity contribution in [3.8, 4) is 0 Å². The first-order chi connectivity index (χ1) is 6.29. The Morgan fingerprint density at radius 3 is 2.85 bits per heavy atom. The second-order valence-electron chi connectivity index (χ2n) is 3.21. The van der Waals surface area contributed by atoms with Crippen molar-refractivity contribution in [1.82, 2.24) is 4.98 Å². The maximum atomic E-state index is 5.85. The van der Waals surface area contributed by atoms with Crippen LogP contribution in [-0.4, -0.2) is 4.98 Å². The van der Waals surface area contributed by atoms with E-state index in [0.717, 1.165) is 16.5 Å². The fourth-order valence-electron chi connectivity index (χ4n) is 1.52. The first kappa shape index (κ1) is 8.20. The molecule has 1 heterocycles. The third-order valence-corrected chi connectivity index (χ3v) is 2.17. The minimum absolute atomic E-state index is 0.0629. The molecule has 1 aromatic carbocycles. The topological polar surface area (TPSA) is 38.9 Å². The molecule has 66 valence electrons. The number of nitrogens with zero attached hydrogens (tertiary/aromatic N) is 1. The third kappa shape index (κ3) is 1.40. The number of hydrogen-bond acceptors (Lipinski definition) is 2. The van der Waals surface area contributed by atoms with E-state index in [1.54, 1.807) is 6.20 Å². The van der Waals surface area contributed by atoms with Gasteiger partial charge in [-0.05, 0) is 24.6 Å². The SMILES string of the molecule is CC(N)c1cccc2ncccc12. The highest BCUT2D eigenvalue weighted by Gasteiger charge is 2.03. The summed E-state index contributed by atoms with van der Waals surface area (Å²) in [7, 11) is 0. The summed E-state index contributed by atoms with van der Waals surface area (Å²) in [6, 6.07) is 10.1.